The lowest BCUT2D eigenvalue weighted by molar-refractivity contribution is 0.309. The number of benzene rings is 1. The van der Waals surface area contributed by atoms with Gasteiger partial charge in [0.05, 0.1) is 12.3 Å². The van der Waals surface area contributed by atoms with Crippen molar-refractivity contribution in [3.63, 3.8) is 0 Å². The van der Waals surface area contributed by atoms with Crippen molar-refractivity contribution in [2.45, 2.75) is 26.2 Å². The Morgan fingerprint density at radius 2 is 2.05 bits per heavy atom. The van der Waals surface area contributed by atoms with E-state index in [1.54, 1.807) is 0 Å². The van der Waals surface area contributed by atoms with Gasteiger partial charge in [-0.15, -0.1) is 11.3 Å². The molecule has 0 N–H and O–H groups in total. The predicted octanol–water partition coefficient (Wildman–Crippen LogP) is 5.29. The van der Waals surface area contributed by atoms with Gasteiger partial charge in [-0.05, 0) is 36.2 Å². The predicted molar refractivity (Wildman–Crippen MR) is 92.3 cm³/mol. The fourth-order valence-corrected chi connectivity index (χ4v) is 4.05. The van der Waals surface area contributed by atoms with Crippen LogP contribution in [0.3, 0.4) is 0 Å². The van der Waals surface area contributed by atoms with E-state index in [2.05, 4.69) is 59.5 Å². The maximum Gasteiger partial charge on any atom is 0.119 e. The number of fused-ring (bicyclic) bond motifs is 3. The van der Waals surface area contributed by atoms with Gasteiger partial charge in [0.15, 0.2) is 0 Å². The summed E-state index contributed by atoms with van der Waals surface area (Å²) in [4.78, 5) is 1.47. The van der Waals surface area contributed by atoms with E-state index >= 15 is 0 Å². The monoisotopic (exact) mass is 309 g/mol. The fraction of sp³-hybridized carbons (Fsp3) is 0.263. The highest BCUT2D eigenvalue weighted by Crippen LogP contribution is 2.41. The summed E-state index contributed by atoms with van der Waals surface area (Å²) in [5.41, 5.74) is 5.35. The van der Waals surface area contributed by atoms with Crippen LogP contribution in [0.15, 0.2) is 48.0 Å². The summed E-state index contributed by atoms with van der Waals surface area (Å²) >= 11 is 1.86. The normalized spacial score (nSPS) is 12.2. The van der Waals surface area contributed by atoms with E-state index in [1.807, 2.05) is 11.3 Å². The second-order valence-electron chi connectivity index (χ2n) is 5.69. The average Bonchev–Trinajstić information content (AvgIpc) is 3.20. The van der Waals surface area contributed by atoms with Crippen LogP contribution in [0.25, 0.3) is 16.8 Å². The minimum absolute atomic E-state index is 0.802. The van der Waals surface area contributed by atoms with Gasteiger partial charge in [-0.25, -0.2) is 0 Å². The topological polar surface area (TPSA) is 14.2 Å². The number of hydrogen-bond donors (Lipinski definition) is 0. The maximum atomic E-state index is 5.75. The van der Waals surface area contributed by atoms with Gasteiger partial charge in [0.25, 0.3) is 0 Å². The Balaban J connectivity index is 1.62. The molecule has 4 rings (SSSR count). The number of hydrogen-bond acceptors (Lipinski definition) is 2. The van der Waals surface area contributed by atoms with Crippen LogP contribution in [0.2, 0.25) is 0 Å². The molecule has 22 heavy (non-hydrogen) atoms. The van der Waals surface area contributed by atoms with Crippen LogP contribution in [0.4, 0.5) is 0 Å². The molecule has 0 atom stereocenters. The second-order valence-corrected chi connectivity index (χ2v) is 6.66. The van der Waals surface area contributed by atoms with Crippen molar-refractivity contribution in [2.24, 2.45) is 0 Å². The quantitative estimate of drug-likeness (QED) is 0.457. The third kappa shape index (κ3) is 2.26. The molecule has 3 heterocycles. The molecule has 0 radical (unpaired) electrons. The fourth-order valence-electron chi connectivity index (χ4n) is 2.99. The summed E-state index contributed by atoms with van der Waals surface area (Å²) in [5.74, 6) is 0.964. The summed E-state index contributed by atoms with van der Waals surface area (Å²) in [6.07, 6.45) is 5.50. The molecule has 0 spiro atoms. The molecule has 1 aliphatic rings. The summed E-state index contributed by atoms with van der Waals surface area (Å²) < 4.78 is 8.08. The number of nitrogens with zero attached hydrogens (tertiary/aromatic N) is 1. The summed E-state index contributed by atoms with van der Waals surface area (Å²) in [5, 5.41) is 2.28. The molecule has 0 aliphatic carbocycles. The van der Waals surface area contributed by atoms with Gasteiger partial charge >= 0.3 is 0 Å². The molecule has 1 aliphatic heterocycles. The smallest absolute Gasteiger partial charge is 0.119 e. The van der Waals surface area contributed by atoms with Gasteiger partial charge in [0.1, 0.15) is 5.75 Å². The van der Waals surface area contributed by atoms with Gasteiger partial charge in [-0.3, -0.25) is 0 Å². The van der Waals surface area contributed by atoms with E-state index in [9.17, 15) is 0 Å². The number of thiophene rings is 1. The molecule has 2 aromatic heterocycles. The third-order valence-corrected chi connectivity index (χ3v) is 5.16. The Bertz CT molecular complexity index is 782. The molecule has 3 aromatic rings. The molecule has 0 saturated heterocycles. The van der Waals surface area contributed by atoms with Crippen LogP contribution < -0.4 is 4.74 Å². The Labute approximate surface area is 135 Å². The SMILES string of the molecule is CCCCOc1ccc(-c2csc3c2-n2cccc2C3)cc1. The maximum absolute atomic E-state index is 5.75. The van der Waals surface area contributed by atoms with Crippen molar-refractivity contribution in [2.75, 3.05) is 6.61 Å². The van der Waals surface area contributed by atoms with E-state index in [0.29, 0.717) is 0 Å². The second kappa shape index (κ2) is 5.65. The van der Waals surface area contributed by atoms with Crippen LogP contribution in [0, 0.1) is 0 Å². The molecule has 0 fully saturated rings. The first kappa shape index (κ1) is 13.6. The zero-order valence-electron chi connectivity index (χ0n) is 12.7. The highest BCUT2D eigenvalue weighted by atomic mass is 32.1. The van der Waals surface area contributed by atoms with E-state index in [1.165, 1.54) is 33.8 Å². The molecule has 0 bridgehead atoms. The van der Waals surface area contributed by atoms with E-state index in [-0.39, 0.29) is 0 Å². The van der Waals surface area contributed by atoms with Crippen molar-refractivity contribution in [1.29, 1.82) is 0 Å². The molecule has 2 nitrogen and oxygen atoms in total. The van der Waals surface area contributed by atoms with Crippen molar-refractivity contribution < 1.29 is 4.74 Å². The molecule has 0 amide bonds. The molecular weight excluding hydrogens is 290 g/mol. The van der Waals surface area contributed by atoms with Gasteiger partial charge in [0, 0.05) is 34.1 Å². The third-order valence-electron chi connectivity index (χ3n) is 4.19. The number of ether oxygens (including phenoxy) is 1. The van der Waals surface area contributed by atoms with E-state index in [0.717, 1.165) is 25.2 Å². The zero-order valence-corrected chi connectivity index (χ0v) is 13.5. The summed E-state index contributed by atoms with van der Waals surface area (Å²) in [7, 11) is 0. The van der Waals surface area contributed by atoms with Gasteiger partial charge in [-0.2, -0.15) is 0 Å². The zero-order chi connectivity index (χ0) is 14.9. The van der Waals surface area contributed by atoms with Crippen molar-refractivity contribution >= 4 is 11.3 Å². The molecule has 112 valence electrons. The first-order chi connectivity index (χ1) is 10.9. The van der Waals surface area contributed by atoms with Crippen molar-refractivity contribution in [3.05, 3.63) is 58.5 Å². The Kier molecular flexibility index (Phi) is 3.51. The highest BCUT2D eigenvalue weighted by molar-refractivity contribution is 7.11. The standard InChI is InChI=1S/C19H19NOS/c1-2-3-11-21-16-8-6-14(7-9-16)17-13-22-18-12-15-5-4-10-20(15)19(17)18/h4-10,13H,2-3,11-12H2,1H3. The lowest BCUT2D eigenvalue weighted by Gasteiger charge is -2.08. The van der Waals surface area contributed by atoms with Crippen LogP contribution in [0.5, 0.6) is 5.75 Å². The summed E-state index contributed by atoms with van der Waals surface area (Å²) in [6, 6.07) is 12.9. The first-order valence-electron chi connectivity index (χ1n) is 7.87. The molecule has 0 unspecified atom stereocenters. The Morgan fingerprint density at radius 1 is 1.18 bits per heavy atom. The van der Waals surface area contributed by atoms with Gasteiger partial charge in [-0.1, -0.05) is 25.5 Å². The molecule has 0 saturated carbocycles. The Morgan fingerprint density at radius 3 is 2.86 bits per heavy atom. The van der Waals surface area contributed by atoms with Crippen LogP contribution in [0.1, 0.15) is 30.3 Å². The first-order valence-corrected chi connectivity index (χ1v) is 8.75. The molecule has 3 heteroatoms. The summed E-state index contributed by atoms with van der Waals surface area (Å²) in [6.45, 7) is 2.98. The van der Waals surface area contributed by atoms with Crippen LogP contribution in [-0.2, 0) is 6.42 Å². The van der Waals surface area contributed by atoms with Crippen molar-refractivity contribution in [1.82, 2.24) is 4.57 Å². The van der Waals surface area contributed by atoms with Gasteiger partial charge in [0.2, 0.25) is 0 Å². The number of rotatable bonds is 5. The lowest BCUT2D eigenvalue weighted by atomic mass is 10.1. The molecule has 1 aromatic carbocycles. The lowest BCUT2D eigenvalue weighted by Crippen LogP contribution is -1.96. The van der Waals surface area contributed by atoms with Gasteiger partial charge < -0.3 is 9.30 Å². The number of aromatic nitrogens is 1. The van der Waals surface area contributed by atoms with Crippen LogP contribution in [-0.4, -0.2) is 11.2 Å². The molecular formula is C19H19NOS. The van der Waals surface area contributed by atoms with E-state index < -0.39 is 0 Å². The van der Waals surface area contributed by atoms with E-state index in [4.69, 9.17) is 4.74 Å². The minimum Gasteiger partial charge on any atom is -0.494 e. The Hall–Kier alpha value is -2.00. The van der Waals surface area contributed by atoms with Crippen molar-refractivity contribution in [3.8, 4) is 22.6 Å². The highest BCUT2D eigenvalue weighted by Gasteiger charge is 2.23. The average molecular weight is 309 g/mol. The van der Waals surface area contributed by atoms with Crippen LogP contribution >= 0.6 is 11.3 Å². The largest absolute Gasteiger partial charge is 0.494 e. The number of unbranched alkanes of at least 4 members (excludes halogenated alkanes) is 1. The minimum atomic E-state index is 0.802.